The van der Waals surface area contributed by atoms with Gasteiger partial charge in [-0.2, -0.15) is 0 Å². The van der Waals surface area contributed by atoms with E-state index in [1.165, 1.54) is 31.2 Å². The summed E-state index contributed by atoms with van der Waals surface area (Å²) in [7, 11) is 1.71. The Morgan fingerprint density at radius 1 is 1.28 bits per heavy atom. The average molecular weight is 247 g/mol. The van der Waals surface area contributed by atoms with E-state index in [0.717, 1.165) is 24.5 Å². The highest BCUT2D eigenvalue weighted by molar-refractivity contribution is 5.47. The van der Waals surface area contributed by atoms with Crippen LogP contribution in [0.3, 0.4) is 0 Å². The molecule has 3 nitrogen and oxygen atoms in total. The number of ether oxygens (including phenoxy) is 2. The first-order chi connectivity index (χ1) is 8.86. The van der Waals surface area contributed by atoms with Crippen molar-refractivity contribution in [3.63, 3.8) is 0 Å². The molecule has 3 heteroatoms. The predicted molar refractivity (Wildman–Crippen MR) is 71.4 cm³/mol. The second kappa shape index (κ2) is 5.19. The van der Waals surface area contributed by atoms with Crippen molar-refractivity contribution < 1.29 is 9.47 Å². The molecule has 1 N–H and O–H groups in total. The Morgan fingerprint density at radius 3 is 2.83 bits per heavy atom. The molecule has 0 amide bonds. The summed E-state index contributed by atoms with van der Waals surface area (Å²) >= 11 is 0. The topological polar surface area (TPSA) is 30.5 Å². The zero-order valence-electron chi connectivity index (χ0n) is 10.9. The Labute approximate surface area is 108 Å². The molecule has 98 valence electrons. The number of para-hydroxylation sites is 1. The zero-order valence-corrected chi connectivity index (χ0v) is 10.9. The van der Waals surface area contributed by atoms with Gasteiger partial charge in [0.25, 0.3) is 0 Å². The molecular weight excluding hydrogens is 226 g/mol. The highest BCUT2D eigenvalue weighted by atomic mass is 16.5. The third-order valence-corrected chi connectivity index (χ3v) is 3.72. The van der Waals surface area contributed by atoms with Crippen molar-refractivity contribution in [1.29, 1.82) is 0 Å². The first kappa shape index (κ1) is 11.8. The zero-order chi connectivity index (χ0) is 12.4. The van der Waals surface area contributed by atoms with Gasteiger partial charge >= 0.3 is 0 Å². The second-order valence-electron chi connectivity index (χ2n) is 5.26. The molecule has 1 saturated carbocycles. The molecule has 1 unspecified atom stereocenters. The van der Waals surface area contributed by atoms with Crippen LogP contribution in [-0.4, -0.2) is 25.8 Å². The molecule has 2 fully saturated rings. The molecule has 1 heterocycles. The first-order valence-electron chi connectivity index (χ1n) is 6.92. The van der Waals surface area contributed by atoms with Crippen LogP contribution in [0.15, 0.2) is 18.2 Å². The summed E-state index contributed by atoms with van der Waals surface area (Å²) < 4.78 is 11.5. The van der Waals surface area contributed by atoms with Gasteiger partial charge in [0.1, 0.15) is 0 Å². The molecule has 18 heavy (non-hydrogen) atoms. The number of rotatable bonds is 5. The fraction of sp³-hybridized carbons (Fsp3) is 0.600. The molecule has 1 aliphatic heterocycles. The van der Waals surface area contributed by atoms with E-state index < -0.39 is 0 Å². The quantitative estimate of drug-likeness (QED) is 0.867. The van der Waals surface area contributed by atoms with Crippen molar-refractivity contribution in [2.24, 2.45) is 0 Å². The van der Waals surface area contributed by atoms with Gasteiger partial charge in [-0.1, -0.05) is 12.1 Å². The van der Waals surface area contributed by atoms with Crippen LogP contribution >= 0.6 is 0 Å². The third-order valence-electron chi connectivity index (χ3n) is 3.72. The maximum atomic E-state index is 6.04. The van der Waals surface area contributed by atoms with E-state index in [4.69, 9.17) is 9.47 Å². The van der Waals surface area contributed by atoms with E-state index in [2.05, 4.69) is 17.4 Å². The number of methoxy groups -OCH3 is 1. The van der Waals surface area contributed by atoms with Crippen LogP contribution in [0.2, 0.25) is 0 Å². The van der Waals surface area contributed by atoms with Crippen LogP contribution in [0.4, 0.5) is 0 Å². The summed E-state index contributed by atoms with van der Waals surface area (Å²) in [4.78, 5) is 0. The highest BCUT2D eigenvalue weighted by Crippen LogP contribution is 2.37. The lowest BCUT2D eigenvalue weighted by Gasteiger charge is -2.17. The fourth-order valence-electron chi connectivity index (χ4n) is 2.57. The van der Waals surface area contributed by atoms with Gasteiger partial charge in [0.05, 0.1) is 13.2 Å². The second-order valence-corrected chi connectivity index (χ2v) is 5.26. The molecule has 0 radical (unpaired) electrons. The fourth-order valence-corrected chi connectivity index (χ4v) is 2.57. The summed E-state index contributed by atoms with van der Waals surface area (Å²) in [5.41, 5.74) is 1.28. The van der Waals surface area contributed by atoms with E-state index in [9.17, 15) is 0 Å². The third kappa shape index (κ3) is 2.61. The summed E-state index contributed by atoms with van der Waals surface area (Å²) in [6, 6.07) is 6.81. The Morgan fingerprint density at radius 2 is 2.17 bits per heavy atom. The normalized spacial score (nSPS) is 23.1. The summed E-state index contributed by atoms with van der Waals surface area (Å²) in [5.74, 6) is 1.84. The summed E-state index contributed by atoms with van der Waals surface area (Å²) in [6.07, 6.45) is 6.36. The molecule has 0 spiro atoms. The average Bonchev–Trinajstić information content (AvgIpc) is 3.06. The van der Waals surface area contributed by atoms with Crippen LogP contribution in [-0.2, 0) is 6.42 Å². The minimum atomic E-state index is 0.414. The van der Waals surface area contributed by atoms with Gasteiger partial charge in [-0.25, -0.2) is 0 Å². The van der Waals surface area contributed by atoms with Crippen molar-refractivity contribution in [2.75, 3.05) is 13.7 Å². The lowest BCUT2D eigenvalue weighted by atomic mass is 10.0. The van der Waals surface area contributed by atoms with E-state index in [1.807, 2.05) is 6.07 Å². The van der Waals surface area contributed by atoms with Crippen molar-refractivity contribution >= 4 is 0 Å². The van der Waals surface area contributed by atoms with E-state index in [1.54, 1.807) is 7.11 Å². The number of hydrogen-bond acceptors (Lipinski definition) is 3. The van der Waals surface area contributed by atoms with Gasteiger partial charge < -0.3 is 14.8 Å². The molecule has 2 aliphatic rings. The molecule has 0 bridgehead atoms. The Kier molecular flexibility index (Phi) is 3.41. The van der Waals surface area contributed by atoms with Gasteiger partial charge in [-0.05, 0) is 50.3 Å². The van der Waals surface area contributed by atoms with Crippen LogP contribution in [0.5, 0.6) is 11.5 Å². The van der Waals surface area contributed by atoms with Crippen molar-refractivity contribution in [3.8, 4) is 11.5 Å². The van der Waals surface area contributed by atoms with Crippen LogP contribution in [0.1, 0.15) is 31.2 Å². The Hall–Kier alpha value is -1.22. The van der Waals surface area contributed by atoms with Crippen molar-refractivity contribution in [2.45, 2.75) is 44.2 Å². The molecule has 1 saturated heterocycles. The maximum Gasteiger partial charge on any atom is 0.164 e. The molecule has 0 aromatic heterocycles. The lowest BCUT2D eigenvalue weighted by molar-refractivity contribution is 0.278. The number of nitrogens with one attached hydrogen (secondary N) is 1. The SMILES string of the molecule is COc1cccc(CC2CCCN2)c1OC1CC1. The van der Waals surface area contributed by atoms with Gasteiger partial charge in [0.2, 0.25) is 0 Å². The highest BCUT2D eigenvalue weighted by Gasteiger charge is 2.27. The maximum absolute atomic E-state index is 6.04. The monoisotopic (exact) mass is 247 g/mol. The largest absolute Gasteiger partial charge is 0.493 e. The Balaban J connectivity index is 1.80. The molecule has 1 aromatic carbocycles. The summed E-state index contributed by atoms with van der Waals surface area (Å²) in [5, 5.41) is 3.54. The standard InChI is InChI=1S/C15H21NO2/c1-17-14-6-2-4-11(10-12-5-3-9-16-12)15(14)18-13-7-8-13/h2,4,6,12-13,16H,3,5,7-10H2,1H3. The predicted octanol–water partition coefficient (Wildman–Crippen LogP) is 2.53. The number of hydrogen-bond donors (Lipinski definition) is 1. The van der Waals surface area contributed by atoms with Crippen molar-refractivity contribution in [3.05, 3.63) is 23.8 Å². The number of benzene rings is 1. The Bertz CT molecular complexity index is 409. The van der Waals surface area contributed by atoms with Crippen molar-refractivity contribution in [1.82, 2.24) is 5.32 Å². The van der Waals surface area contributed by atoms with E-state index >= 15 is 0 Å². The van der Waals surface area contributed by atoms with E-state index in [-0.39, 0.29) is 0 Å². The molecular formula is C15H21NO2. The van der Waals surface area contributed by atoms with Gasteiger partial charge in [0.15, 0.2) is 11.5 Å². The minimum absolute atomic E-state index is 0.414. The van der Waals surface area contributed by atoms with Crippen LogP contribution in [0, 0.1) is 0 Å². The molecule has 3 rings (SSSR count). The lowest BCUT2D eigenvalue weighted by Crippen LogP contribution is -2.24. The van der Waals surface area contributed by atoms with E-state index in [0.29, 0.717) is 12.1 Å². The molecule has 1 aromatic rings. The first-order valence-corrected chi connectivity index (χ1v) is 6.92. The van der Waals surface area contributed by atoms with Crippen LogP contribution in [0.25, 0.3) is 0 Å². The molecule has 1 aliphatic carbocycles. The summed E-state index contributed by atoms with van der Waals surface area (Å²) in [6.45, 7) is 1.15. The van der Waals surface area contributed by atoms with Crippen LogP contribution < -0.4 is 14.8 Å². The molecule has 1 atom stereocenters. The minimum Gasteiger partial charge on any atom is -0.493 e. The van der Waals surface area contributed by atoms with Gasteiger partial charge in [0, 0.05) is 6.04 Å². The smallest absolute Gasteiger partial charge is 0.164 e. The van der Waals surface area contributed by atoms with Gasteiger partial charge in [-0.15, -0.1) is 0 Å². The van der Waals surface area contributed by atoms with Gasteiger partial charge in [-0.3, -0.25) is 0 Å².